The van der Waals surface area contributed by atoms with Crippen LogP contribution in [0.4, 0.5) is 0 Å². The van der Waals surface area contributed by atoms with Crippen molar-refractivity contribution in [3.05, 3.63) is 77.1 Å². The molecule has 0 aliphatic carbocycles. The number of amides is 1. The van der Waals surface area contributed by atoms with Crippen molar-refractivity contribution in [3.63, 3.8) is 0 Å². The minimum absolute atomic E-state index is 0.214. The number of rotatable bonds is 6. The number of methoxy groups -OCH3 is 2. The Labute approximate surface area is 197 Å². The summed E-state index contributed by atoms with van der Waals surface area (Å²) in [6, 6.07) is 16.1. The standard InChI is InChI=1S/C24H25ClN4O4/c1-32-20-16-29(17-8-4-3-5-9-17)26-21(20)23(30)28-14-12-27(13-15-28)22(24(31)33-2)18-10-6-7-11-19(18)25/h3-11,16,22H,12-15H2,1-2H3/t22-/m0/s1. The van der Waals surface area contributed by atoms with Crippen LogP contribution in [0.15, 0.2) is 60.8 Å². The number of carbonyl (C=O) groups excluding carboxylic acids is 2. The molecule has 0 bridgehead atoms. The minimum Gasteiger partial charge on any atom is -0.493 e. The van der Waals surface area contributed by atoms with E-state index in [2.05, 4.69) is 5.10 Å². The molecule has 0 saturated carbocycles. The Morgan fingerprint density at radius 2 is 1.64 bits per heavy atom. The number of nitrogens with zero attached hydrogens (tertiary/aromatic N) is 4. The molecule has 0 spiro atoms. The average Bonchev–Trinajstić information content (AvgIpc) is 3.30. The van der Waals surface area contributed by atoms with E-state index >= 15 is 0 Å². The van der Waals surface area contributed by atoms with Gasteiger partial charge in [0.05, 0.1) is 26.1 Å². The summed E-state index contributed by atoms with van der Waals surface area (Å²) in [5.41, 5.74) is 1.78. The first-order valence-corrected chi connectivity index (χ1v) is 11.0. The van der Waals surface area contributed by atoms with Gasteiger partial charge in [-0.15, -0.1) is 0 Å². The van der Waals surface area contributed by atoms with Crippen LogP contribution in [0.2, 0.25) is 5.02 Å². The zero-order chi connectivity index (χ0) is 23.4. The third kappa shape index (κ3) is 4.72. The summed E-state index contributed by atoms with van der Waals surface area (Å²) >= 11 is 6.36. The molecule has 2 aromatic carbocycles. The monoisotopic (exact) mass is 468 g/mol. The van der Waals surface area contributed by atoms with E-state index in [1.807, 2.05) is 53.4 Å². The summed E-state index contributed by atoms with van der Waals surface area (Å²) in [5, 5.41) is 4.98. The van der Waals surface area contributed by atoms with Crippen molar-refractivity contribution in [1.29, 1.82) is 0 Å². The summed E-state index contributed by atoms with van der Waals surface area (Å²) in [5.74, 6) is -0.186. The number of esters is 1. The smallest absolute Gasteiger partial charge is 0.327 e. The zero-order valence-electron chi connectivity index (χ0n) is 18.5. The summed E-state index contributed by atoms with van der Waals surface area (Å²) in [7, 11) is 2.88. The maximum Gasteiger partial charge on any atom is 0.327 e. The van der Waals surface area contributed by atoms with E-state index in [-0.39, 0.29) is 17.6 Å². The second-order valence-corrected chi connectivity index (χ2v) is 8.01. The van der Waals surface area contributed by atoms with Gasteiger partial charge in [0.2, 0.25) is 0 Å². The zero-order valence-corrected chi connectivity index (χ0v) is 19.2. The first kappa shape index (κ1) is 22.8. The number of aromatic nitrogens is 2. The number of hydrogen-bond acceptors (Lipinski definition) is 6. The normalized spacial score (nSPS) is 15.2. The molecule has 172 valence electrons. The number of para-hydroxylation sites is 1. The molecular formula is C24H25ClN4O4. The van der Waals surface area contributed by atoms with Crippen molar-refractivity contribution in [2.45, 2.75) is 6.04 Å². The van der Waals surface area contributed by atoms with Crippen LogP contribution in [0, 0.1) is 0 Å². The lowest BCUT2D eigenvalue weighted by Gasteiger charge is -2.38. The molecule has 1 saturated heterocycles. The highest BCUT2D eigenvalue weighted by Gasteiger charge is 2.34. The van der Waals surface area contributed by atoms with Gasteiger partial charge in [0.1, 0.15) is 6.04 Å². The Morgan fingerprint density at radius 3 is 2.27 bits per heavy atom. The van der Waals surface area contributed by atoms with Crippen molar-refractivity contribution in [1.82, 2.24) is 19.6 Å². The van der Waals surface area contributed by atoms with Crippen LogP contribution in [0.5, 0.6) is 5.75 Å². The largest absolute Gasteiger partial charge is 0.493 e. The van der Waals surface area contributed by atoms with E-state index in [1.165, 1.54) is 14.2 Å². The average molecular weight is 469 g/mol. The molecule has 0 unspecified atom stereocenters. The van der Waals surface area contributed by atoms with Gasteiger partial charge in [0.15, 0.2) is 11.4 Å². The lowest BCUT2D eigenvalue weighted by atomic mass is 10.0. The fraction of sp³-hybridized carbons (Fsp3) is 0.292. The molecule has 1 fully saturated rings. The van der Waals surface area contributed by atoms with Gasteiger partial charge in [-0.2, -0.15) is 5.10 Å². The van der Waals surface area contributed by atoms with Gasteiger partial charge < -0.3 is 14.4 Å². The van der Waals surface area contributed by atoms with Gasteiger partial charge in [0.25, 0.3) is 5.91 Å². The molecular weight excluding hydrogens is 444 g/mol. The molecule has 1 atom stereocenters. The van der Waals surface area contributed by atoms with Gasteiger partial charge in [-0.3, -0.25) is 9.69 Å². The highest BCUT2D eigenvalue weighted by atomic mass is 35.5. The summed E-state index contributed by atoms with van der Waals surface area (Å²) in [4.78, 5) is 29.5. The maximum atomic E-state index is 13.3. The molecule has 3 aromatic rings. The molecule has 8 nitrogen and oxygen atoms in total. The highest BCUT2D eigenvalue weighted by Crippen LogP contribution is 2.30. The number of halogens is 1. The molecule has 9 heteroatoms. The first-order valence-electron chi connectivity index (χ1n) is 10.6. The second-order valence-electron chi connectivity index (χ2n) is 7.60. The second kappa shape index (κ2) is 10.1. The van der Waals surface area contributed by atoms with Gasteiger partial charge in [0, 0.05) is 31.2 Å². The van der Waals surface area contributed by atoms with Crippen LogP contribution in [-0.2, 0) is 9.53 Å². The van der Waals surface area contributed by atoms with Crippen LogP contribution >= 0.6 is 11.6 Å². The molecule has 1 aliphatic heterocycles. The lowest BCUT2D eigenvalue weighted by Crippen LogP contribution is -2.51. The van der Waals surface area contributed by atoms with E-state index < -0.39 is 6.04 Å². The van der Waals surface area contributed by atoms with Crippen molar-refractivity contribution < 1.29 is 19.1 Å². The van der Waals surface area contributed by atoms with Crippen LogP contribution in [-0.4, -0.2) is 71.9 Å². The minimum atomic E-state index is -0.632. The lowest BCUT2D eigenvalue weighted by molar-refractivity contribution is -0.148. The van der Waals surface area contributed by atoms with Crippen molar-refractivity contribution in [2.24, 2.45) is 0 Å². The molecule has 33 heavy (non-hydrogen) atoms. The summed E-state index contributed by atoms with van der Waals surface area (Å²) in [6.07, 6.45) is 1.70. The third-order valence-electron chi connectivity index (χ3n) is 5.71. The van der Waals surface area contributed by atoms with Gasteiger partial charge in [-0.1, -0.05) is 48.0 Å². The van der Waals surface area contributed by atoms with Crippen LogP contribution in [0.3, 0.4) is 0 Å². The Balaban J connectivity index is 1.50. The Hall–Kier alpha value is -3.36. The van der Waals surface area contributed by atoms with E-state index in [9.17, 15) is 9.59 Å². The first-order chi connectivity index (χ1) is 16.0. The number of piperazine rings is 1. The van der Waals surface area contributed by atoms with Crippen molar-refractivity contribution >= 4 is 23.5 Å². The number of benzene rings is 2. The quantitative estimate of drug-likeness (QED) is 0.517. The fourth-order valence-electron chi connectivity index (χ4n) is 3.98. The third-order valence-corrected chi connectivity index (χ3v) is 6.06. The summed E-state index contributed by atoms with van der Waals surface area (Å²) in [6.45, 7) is 1.83. The van der Waals surface area contributed by atoms with Crippen LogP contribution in [0.1, 0.15) is 22.1 Å². The highest BCUT2D eigenvalue weighted by molar-refractivity contribution is 6.31. The number of ether oxygens (including phenoxy) is 2. The summed E-state index contributed by atoms with van der Waals surface area (Å²) < 4.78 is 12.1. The van der Waals surface area contributed by atoms with E-state index in [1.54, 1.807) is 21.8 Å². The van der Waals surface area contributed by atoms with Crippen LogP contribution in [0.25, 0.3) is 5.69 Å². The molecule has 0 radical (unpaired) electrons. The SMILES string of the molecule is COC(=O)[C@H](c1ccccc1Cl)N1CCN(C(=O)c2nn(-c3ccccc3)cc2OC)CC1. The Bertz CT molecular complexity index is 1130. The van der Waals surface area contributed by atoms with Crippen molar-refractivity contribution in [3.8, 4) is 11.4 Å². The topological polar surface area (TPSA) is 76.9 Å². The number of carbonyl (C=O) groups is 2. The van der Waals surface area contributed by atoms with E-state index in [0.29, 0.717) is 42.5 Å². The van der Waals surface area contributed by atoms with Gasteiger partial charge in [-0.25, -0.2) is 9.48 Å². The van der Waals surface area contributed by atoms with Crippen molar-refractivity contribution in [2.75, 3.05) is 40.4 Å². The molecule has 4 rings (SSSR count). The maximum absolute atomic E-state index is 13.3. The van der Waals surface area contributed by atoms with Gasteiger partial charge in [-0.05, 0) is 23.8 Å². The van der Waals surface area contributed by atoms with E-state index in [0.717, 1.165) is 5.69 Å². The number of hydrogen-bond donors (Lipinski definition) is 0. The Kier molecular flexibility index (Phi) is 6.96. The fourth-order valence-corrected chi connectivity index (χ4v) is 4.22. The van der Waals surface area contributed by atoms with E-state index in [4.69, 9.17) is 21.1 Å². The van der Waals surface area contributed by atoms with Crippen LogP contribution < -0.4 is 4.74 Å². The molecule has 1 aromatic heterocycles. The molecule has 2 heterocycles. The molecule has 1 aliphatic rings. The van der Waals surface area contributed by atoms with Gasteiger partial charge >= 0.3 is 5.97 Å². The predicted octanol–water partition coefficient (Wildman–Crippen LogP) is 3.21. The molecule has 0 N–H and O–H groups in total. The predicted molar refractivity (Wildman–Crippen MR) is 124 cm³/mol. The molecule has 1 amide bonds. The Morgan fingerprint density at radius 1 is 0.970 bits per heavy atom.